The van der Waals surface area contributed by atoms with Crippen molar-refractivity contribution in [3.63, 3.8) is 0 Å². The van der Waals surface area contributed by atoms with Gasteiger partial charge in [-0.25, -0.2) is 0 Å². The first-order chi connectivity index (χ1) is 21.7. The van der Waals surface area contributed by atoms with E-state index in [4.69, 9.17) is 0 Å². The molecule has 0 saturated heterocycles. The summed E-state index contributed by atoms with van der Waals surface area (Å²) in [5.74, 6) is 0.518. The number of para-hydroxylation sites is 1. The lowest BCUT2D eigenvalue weighted by Crippen LogP contribution is -2.13. The molecular weight excluding hydrogens is 532 g/mol. The van der Waals surface area contributed by atoms with Gasteiger partial charge in [-0.15, -0.1) is 0 Å². The van der Waals surface area contributed by atoms with Crippen molar-refractivity contribution in [1.82, 2.24) is 0 Å². The first kappa shape index (κ1) is 27.5. The predicted molar refractivity (Wildman–Crippen MR) is 189 cm³/mol. The third-order valence-electron chi connectivity index (χ3n) is 8.73. The fourth-order valence-corrected chi connectivity index (χ4v) is 6.25. The van der Waals surface area contributed by atoms with Crippen molar-refractivity contribution >= 4 is 34.5 Å². The molecule has 0 N–H and O–H groups in total. The van der Waals surface area contributed by atoms with Crippen molar-refractivity contribution in [3.05, 3.63) is 169 Å². The molecule has 0 radical (unpaired) electrons. The lowest BCUT2D eigenvalue weighted by molar-refractivity contribution is 0.771. The molecule has 6 aromatic rings. The summed E-state index contributed by atoms with van der Waals surface area (Å²) in [4.78, 5) is 4.62. The van der Waals surface area contributed by atoms with Crippen LogP contribution in [0.15, 0.2) is 158 Å². The first-order valence-corrected chi connectivity index (χ1v) is 15.4. The van der Waals surface area contributed by atoms with E-state index in [1.807, 2.05) is 0 Å². The Balaban J connectivity index is 1.16. The molecule has 1 aliphatic rings. The van der Waals surface area contributed by atoms with Gasteiger partial charge in [0.2, 0.25) is 0 Å². The zero-order valence-electron chi connectivity index (χ0n) is 25.3. The fraction of sp³-hybridized carbons (Fsp3) is 0.0952. The van der Waals surface area contributed by atoms with Gasteiger partial charge in [-0.05, 0) is 94.8 Å². The number of nitrogens with zero attached hydrogens (tertiary/aromatic N) is 2. The van der Waals surface area contributed by atoms with Crippen LogP contribution in [-0.2, 0) is 0 Å². The van der Waals surface area contributed by atoms with Gasteiger partial charge in [-0.3, -0.25) is 0 Å². The number of fused-ring (bicyclic) bond motifs is 1. The Hall–Kier alpha value is -5.34. The molecule has 214 valence electrons. The number of rotatable bonds is 7. The van der Waals surface area contributed by atoms with Crippen LogP contribution in [0.3, 0.4) is 0 Å². The van der Waals surface area contributed by atoms with Crippen molar-refractivity contribution < 1.29 is 0 Å². The van der Waals surface area contributed by atoms with E-state index in [1.165, 1.54) is 39.1 Å². The standard InChI is InChI=1S/C42H36N2/c1-31-12-9-20-41-40(31)19-11-21-42(41)44(37-16-7-4-8-17-37)38-28-24-34(25-29-38)33-22-26-36(27-23-33)43(2)39-18-10-15-35(30-39)32-13-5-3-6-14-32/h3-11,13-31H,12H2,1-2H3. The lowest BCUT2D eigenvalue weighted by atomic mass is 9.87. The minimum atomic E-state index is 0.518. The molecular formula is C42H36N2. The van der Waals surface area contributed by atoms with Crippen LogP contribution in [0.2, 0.25) is 0 Å². The third-order valence-corrected chi connectivity index (χ3v) is 8.73. The van der Waals surface area contributed by atoms with Crippen molar-refractivity contribution in [1.29, 1.82) is 0 Å². The minimum Gasteiger partial charge on any atom is -0.345 e. The molecule has 1 unspecified atom stereocenters. The summed E-state index contributed by atoms with van der Waals surface area (Å²) in [5, 5.41) is 0. The van der Waals surface area contributed by atoms with Gasteiger partial charge >= 0.3 is 0 Å². The highest BCUT2D eigenvalue weighted by Crippen LogP contribution is 2.42. The van der Waals surface area contributed by atoms with E-state index in [0.717, 1.165) is 29.2 Å². The molecule has 0 aliphatic heterocycles. The van der Waals surface area contributed by atoms with E-state index in [1.54, 1.807) is 0 Å². The summed E-state index contributed by atoms with van der Waals surface area (Å²) in [7, 11) is 2.13. The van der Waals surface area contributed by atoms with Crippen LogP contribution in [0.5, 0.6) is 0 Å². The molecule has 1 atom stereocenters. The highest BCUT2D eigenvalue weighted by Gasteiger charge is 2.21. The van der Waals surface area contributed by atoms with Crippen LogP contribution in [-0.4, -0.2) is 7.05 Å². The maximum absolute atomic E-state index is 2.38. The summed E-state index contributed by atoms with van der Waals surface area (Å²) in [5.41, 5.74) is 13.4. The molecule has 0 spiro atoms. The first-order valence-electron chi connectivity index (χ1n) is 15.4. The van der Waals surface area contributed by atoms with Gasteiger partial charge in [-0.2, -0.15) is 0 Å². The van der Waals surface area contributed by atoms with Crippen LogP contribution in [0.25, 0.3) is 28.3 Å². The fourth-order valence-electron chi connectivity index (χ4n) is 6.25. The second kappa shape index (κ2) is 12.1. The molecule has 0 saturated carbocycles. The van der Waals surface area contributed by atoms with Gasteiger partial charge in [0.15, 0.2) is 0 Å². The van der Waals surface area contributed by atoms with Crippen LogP contribution < -0.4 is 9.80 Å². The van der Waals surface area contributed by atoms with Crippen molar-refractivity contribution in [2.75, 3.05) is 16.8 Å². The second-order valence-corrected chi connectivity index (χ2v) is 11.6. The van der Waals surface area contributed by atoms with Gasteiger partial charge in [0, 0.05) is 35.4 Å². The quantitative estimate of drug-likeness (QED) is 0.189. The Morgan fingerprint density at radius 1 is 0.500 bits per heavy atom. The van der Waals surface area contributed by atoms with Crippen LogP contribution in [0.1, 0.15) is 30.4 Å². The molecule has 0 bridgehead atoms. The molecule has 7 rings (SSSR count). The molecule has 6 aromatic carbocycles. The molecule has 1 aliphatic carbocycles. The number of allylic oxidation sites excluding steroid dienone is 1. The zero-order chi connectivity index (χ0) is 29.9. The van der Waals surface area contributed by atoms with Crippen molar-refractivity contribution in [3.8, 4) is 22.3 Å². The Labute approximate surface area is 261 Å². The SMILES string of the molecule is CC1CC=Cc2c1cccc2N(c1ccccc1)c1ccc(-c2ccc(N(C)c3cccc(-c4ccccc4)c3)cc2)cc1. The van der Waals surface area contributed by atoms with Crippen molar-refractivity contribution in [2.45, 2.75) is 19.3 Å². The summed E-state index contributed by atoms with van der Waals surface area (Å²) < 4.78 is 0. The Bertz CT molecular complexity index is 1890. The van der Waals surface area contributed by atoms with Gasteiger partial charge in [-0.1, -0.05) is 116 Å². The van der Waals surface area contributed by atoms with Crippen LogP contribution in [0.4, 0.5) is 28.4 Å². The molecule has 0 heterocycles. The van der Waals surface area contributed by atoms with Gasteiger partial charge in [0.1, 0.15) is 0 Å². The summed E-state index contributed by atoms with van der Waals surface area (Å²) in [6.45, 7) is 2.32. The van der Waals surface area contributed by atoms with E-state index >= 15 is 0 Å². The van der Waals surface area contributed by atoms with Crippen LogP contribution >= 0.6 is 0 Å². The minimum absolute atomic E-state index is 0.518. The summed E-state index contributed by atoms with van der Waals surface area (Å²) in [6, 6.07) is 54.5. The number of hydrogen-bond acceptors (Lipinski definition) is 2. The highest BCUT2D eigenvalue weighted by atomic mass is 15.1. The predicted octanol–water partition coefficient (Wildman–Crippen LogP) is 11.8. The van der Waals surface area contributed by atoms with E-state index in [-0.39, 0.29) is 0 Å². The van der Waals surface area contributed by atoms with E-state index in [9.17, 15) is 0 Å². The largest absolute Gasteiger partial charge is 0.345 e. The molecule has 2 nitrogen and oxygen atoms in total. The van der Waals surface area contributed by atoms with Gasteiger partial charge in [0.05, 0.1) is 5.69 Å². The normalized spacial score (nSPS) is 13.7. The monoisotopic (exact) mass is 568 g/mol. The number of benzene rings is 6. The Morgan fingerprint density at radius 2 is 1.05 bits per heavy atom. The molecule has 0 fully saturated rings. The maximum atomic E-state index is 2.38. The van der Waals surface area contributed by atoms with Crippen LogP contribution in [0, 0.1) is 0 Å². The zero-order valence-corrected chi connectivity index (χ0v) is 25.3. The Kier molecular flexibility index (Phi) is 7.56. The third kappa shape index (κ3) is 5.43. The van der Waals surface area contributed by atoms with E-state index in [0.29, 0.717) is 5.92 Å². The molecule has 0 aromatic heterocycles. The van der Waals surface area contributed by atoms with E-state index < -0.39 is 0 Å². The summed E-state index contributed by atoms with van der Waals surface area (Å²) >= 11 is 0. The maximum Gasteiger partial charge on any atom is 0.0536 e. The molecule has 44 heavy (non-hydrogen) atoms. The second-order valence-electron chi connectivity index (χ2n) is 11.6. The average molecular weight is 569 g/mol. The average Bonchev–Trinajstić information content (AvgIpc) is 3.10. The number of anilines is 5. The lowest BCUT2D eigenvalue weighted by Gasteiger charge is -2.30. The topological polar surface area (TPSA) is 6.48 Å². The molecule has 0 amide bonds. The van der Waals surface area contributed by atoms with Crippen molar-refractivity contribution in [2.24, 2.45) is 0 Å². The van der Waals surface area contributed by atoms with E-state index in [2.05, 4.69) is 188 Å². The highest BCUT2D eigenvalue weighted by molar-refractivity contribution is 5.85. The molecule has 2 heteroatoms. The number of hydrogen-bond donors (Lipinski definition) is 0. The summed E-state index contributed by atoms with van der Waals surface area (Å²) in [6.07, 6.45) is 5.69. The van der Waals surface area contributed by atoms with Gasteiger partial charge in [0.25, 0.3) is 0 Å². The van der Waals surface area contributed by atoms with Gasteiger partial charge < -0.3 is 9.80 Å². The Morgan fingerprint density at radius 3 is 1.75 bits per heavy atom. The smallest absolute Gasteiger partial charge is 0.0536 e.